The maximum Gasteiger partial charge on any atom is 0.247 e. The van der Waals surface area contributed by atoms with Crippen molar-refractivity contribution in [2.75, 3.05) is 33.9 Å². The van der Waals surface area contributed by atoms with E-state index in [0.29, 0.717) is 10.7 Å². The number of amides is 1. The summed E-state index contributed by atoms with van der Waals surface area (Å²) in [6.07, 6.45) is 4.66. The van der Waals surface area contributed by atoms with Gasteiger partial charge in [0.05, 0.1) is 17.0 Å². The number of hydrogen-bond donors (Lipinski definition) is 1. The van der Waals surface area contributed by atoms with Crippen molar-refractivity contribution in [1.29, 1.82) is 0 Å². The Morgan fingerprint density at radius 1 is 1.07 bits per heavy atom. The zero-order chi connectivity index (χ0) is 21.9. The summed E-state index contributed by atoms with van der Waals surface area (Å²) in [5.74, 6) is -0.470. The molecule has 30 heavy (non-hydrogen) atoms. The normalized spacial score (nSPS) is 15.5. The van der Waals surface area contributed by atoms with E-state index >= 15 is 0 Å². The number of nitrogens with one attached hydrogen (secondary N) is 1. The number of sulfonamides is 1. The molecule has 6 nitrogen and oxygen atoms in total. The van der Waals surface area contributed by atoms with E-state index in [1.807, 2.05) is 24.3 Å². The number of benzene rings is 2. The molecule has 3 rings (SSSR count). The van der Waals surface area contributed by atoms with Crippen LogP contribution in [0.5, 0.6) is 0 Å². The number of halogens is 2. The second-order valence-electron chi connectivity index (χ2n) is 7.41. The van der Waals surface area contributed by atoms with Crippen molar-refractivity contribution in [1.82, 2.24) is 0 Å². The summed E-state index contributed by atoms with van der Waals surface area (Å²) >= 11 is 12.2. The minimum atomic E-state index is -3.79. The number of anilines is 3. The third-order valence-corrected chi connectivity index (χ3v) is 6.87. The zero-order valence-corrected chi connectivity index (χ0v) is 19.3. The first-order valence-electron chi connectivity index (χ1n) is 9.77. The standard InChI is InChI=1S/C21H25Cl2N3O3S/c1-15(26(30(2,28)29)20-14-16(22)6-11-19(20)23)21(27)24-17-7-9-18(10-8-17)25-12-4-3-5-13-25/h6-11,14-15H,3-5,12-13H2,1-2H3,(H,24,27)/t15-/m1/s1. The lowest BCUT2D eigenvalue weighted by atomic mass is 10.1. The molecule has 0 unspecified atom stereocenters. The van der Waals surface area contributed by atoms with Crippen LogP contribution in [-0.2, 0) is 14.8 Å². The Kier molecular flexibility index (Phi) is 7.16. The predicted molar refractivity (Wildman–Crippen MR) is 124 cm³/mol. The molecule has 0 spiro atoms. The highest BCUT2D eigenvalue weighted by Gasteiger charge is 2.31. The van der Waals surface area contributed by atoms with Gasteiger partial charge in [0.2, 0.25) is 15.9 Å². The van der Waals surface area contributed by atoms with Crippen molar-refractivity contribution in [3.63, 3.8) is 0 Å². The van der Waals surface area contributed by atoms with Crippen LogP contribution in [0.3, 0.4) is 0 Å². The molecule has 1 amide bonds. The summed E-state index contributed by atoms with van der Waals surface area (Å²) in [5, 5.41) is 3.30. The number of hydrogen-bond acceptors (Lipinski definition) is 4. The lowest BCUT2D eigenvalue weighted by molar-refractivity contribution is -0.116. The molecular formula is C21H25Cl2N3O3S. The summed E-state index contributed by atoms with van der Waals surface area (Å²) < 4.78 is 25.9. The van der Waals surface area contributed by atoms with Crippen LogP contribution in [0.2, 0.25) is 10.0 Å². The monoisotopic (exact) mass is 469 g/mol. The third kappa shape index (κ3) is 5.39. The van der Waals surface area contributed by atoms with E-state index in [0.717, 1.165) is 29.3 Å². The minimum absolute atomic E-state index is 0.162. The van der Waals surface area contributed by atoms with Crippen molar-refractivity contribution >= 4 is 56.2 Å². The van der Waals surface area contributed by atoms with Crippen molar-refractivity contribution in [2.45, 2.75) is 32.2 Å². The van der Waals surface area contributed by atoms with Crippen LogP contribution in [-0.4, -0.2) is 39.7 Å². The van der Waals surface area contributed by atoms with Crippen LogP contribution < -0.4 is 14.5 Å². The molecule has 0 aliphatic carbocycles. The second-order valence-corrected chi connectivity index (χ2v) is 10.1. The van der Waals surface area contributed by atoms with E-state index in [9.17, 15) is 13.2 Å². The molecule has 0 radical (unpaired) electrons. The average molecular weight is 470 g/mol. The zero-order valence-electron chi connectivity index (χ0n) is 16.9. The molecule has 1 fully saturated rings. The fraction of sp³-hybridized carbons (Fsp3) is 0.381. The van der Waals surface area contributed by atoms with Crippen LogP contribution in [0.1, 0.15) is 26.2 Å². The smallest absolute Gasteiger partial charge is 0.247 e. The van der Waals surface area contributed by atoms with Crippen molar-refractivity contribution < 1.29 is 13.2 Å². The first kappa shape index (κ1) is 22.7. The van der Waals surface area contributed by atoms with Crippen molar-refractivity contribution in [2.24, 2.45) is 0 Å². The molecule has 9 heteroatoms. The molecule has 1 N–H and O–H groups in total. The summed E-state index contributed by atoms with van der Waals surface area (Å²) in [4.78, 5) is 15.2. The van der Waals surface area contributed by atoms with Gasteiger partial charge in [0.15, 0.2) is 0 Å². The quantitative estimate of drug-likeness (QED) is 0.660. The van der Waals surface area contributed by atoms with Crippen molar-refractivity contribution in [3.05, 3.63) is 52.5 Å². The fourth-order valence-corrected chi connectivity index (χ4v) is 5.19. The lowest BCUT2D eigenvalue weighted by Crippen LogP contribution is -2.45. The van der Waals surface area contributed by atoms with E-state index in [1.165, 1.54) is 38.3 Å². The Hall–Kier alpha value is -1.96. The molecular weight excluding hydrogens is 445 g/mol. The predicted octanol–water partition coefficient (Wildman–Crippen LogP) is 4.78. The Labute approximate surface area is 187 Å². The molecule has 0 saturated carbocycles. The molecule has 0 bridgehead atoms. The number of piperidine rings is 1. The van der Waals surface area contributed by atoms with Gasteiger partial charge in [-0.25, -0.2) is 8.42 Å². The van der Waals surface area contributed by atoms with E-state index in [1.54, 1.807) is 6.07 Å². The highest BCUT2D eigenvalue weighted by atomic mass is 35.5. The molecule has 1 heterocycles. The van der Waals surface area contributed by atoms with Crippen LogP contribution >= 0.6 is 23.2 Å². The number of rotatable bonds is 6. The fourth-order valence-electron chi connectivity index (χ4n) is 3.59. The van der Waals surface area contributed by atoms with E-state index in [-0.39, 0.29) is 10.7 Å². The Morgan fingerprint density at radius 3 is 2.30 bits per heavy atom. The lowest BCUT2D eigenvalue weighted by Gasteiger charge is -2.30. The van der Waals surface area contributed by atoms with Gasteiger partial charge in [0.25, 0.3) is 0 Å². The SMILES string of the molecule is C[C@H](C(=O)Nc1ccc(N2CCCCC2)cc1)N(c1cc(Cl)ccc1Cl)S(C)(=O)=O. The number of carbonyl (C=O) groups excluding carboxylic acids is 1. The van der Waals surface area contributed by atoms with E-state index in [2.05, 4.69) is 10.2 Å². The first-order chi connectivity index (χ1) is 14.2. The van der Waals surface area contributed by atoms with Gasteiger partial charge in [-0.2, -0.15) is 0 Å². The van der Waals surface area contributed by atoms with Gasteiger partial charge >= 0.3 is 0 Å². The van der Waals surface area contributed by atoms with E-state index in [4.69, 9.17) is 23.2 Å². The Bertz CT molecular complexity index is 1010. The van der Waals surface area contributed by atoms with Crippen LogP contribution in [0.4, 0.5) is 17.1 Å². The molecule has 1 atom stereocenters. The molecule has 2 aromatic carbocycles. The van der Waals surface area contributed by atoms with Crippen LogP contribution in [0.15, 0.2) is 42.5 Å². The highest BCUT2D eigenvalue weighted by Crippen LogP contribution is 2.32. The van der Waals surface area contributed by atoms with E-state index < -0.39 is 22.0 Å². The van der Waals surface area contributed by atoms with Gasteiger partial charge in [0, 0.05) is 29.5 Å². The molecule has 0 aromatic heterocycles. The second kappa shape index (κ2) is 9.45. The summed E-state index contributed by atoms with van der Waals surface area (Å²) in [7, 11) is -3.79. The molecule has 1 saturated heterocycles. The average Bonchev–Trinajstić information content (AvgIpc) is 2.71. The third-order valence-electron chi connectivity index (χ3n) is 5.09. The van der Waals surface area contributed by atoms with Gasteiger partial charge < -0.3 is 10.2 Å². The largest absolute Gasteiger partial charge is 0.372 e. The maximum atomic E-state index is 12.9. The van der Waals surface area contributed by atoms with Crippen LogP contribution in [0.25, 0.3) is 0 Å². The summed E-state index contributed by atoms with van der Waals surface area (Å²) in [6.45, 7) is 3.58. The summed E-state index contributed by atoms with van der Waals surface area (Å²) in [6, 6.07) is 11.0. The topological polar surface area (TPSA) is 69.7 Å². The van der Waals surface area contributed by atoms with Gasteiger partial charge in [-0.1, -0.05) is 23.2 Å². The minimum Gasteiger partial charge on any atom is -0.372 e. The highest BCUT2D eigenvalue weighted by molar-refractivity contribution is 7.92. The van der Waals surface area contributed by atoms with Crippen molar-refractivity contribution in [3.8, 4) is 0 Å². The molecule has 2 aromatic rings. The first-order valence-corrected chi connectivity index (χ1v) is 12.4. The van der Waals surface area contributed by atoms with Crippen LogP contribution in [0, 0.1) is 0 Å². The number of carbonyl (C=O) groups is 1. The van der Waals surface area contributed by atoms with Gasteiger partial charge in [0.1, 0.15) is 6.04 Å². The summed E-state index contributed by atoms with van der Waals surface area (Å²) in [5.41, 5.74) is 1.87. The Morgan fingerprint density at radius 2 is 1.70 bits per heavy atom. The van der Waals surface area contributed by atoms with Gasteiger partial charge in [-0.05, 0) is 68.7 Å². The Balaban J connectivity index is 1.78. The van der Waals surface area contributed by atoms with Gasteiger partial charge in [-0.3, -0.25) is 9.10 Å². The van der Waals surface area contributed by atoms with Gasteiger partial charge in [-0.15, -0.1) is 0 Å². The molecule has 162 valence electrons. The molecule has 1 aliphatic heterocycles. The maximum absolute atomic E-state index is 12.9. The number of nitrogens with zero attached hydrogens (tertiary/aromatic N) is 2. The molecule has 1 aliphatic rings.